The van der Waals surface area contributed by atoms with E-state index in [1.807, 2.05) is 12.1 Å². The number of nitrogens with one attached hydrogen (secondary N) is 1. The minimum atomic E-state index is -3.70. The summed E-state index contributed by atoms with van der Waals surface area (Å²) >= 11 is 2.16. The first-order chi connectivity index (χ1) is 11.8. The Morgan fingerprint density at radius 1 is 1.16 bits per heavy atom. The van der Waals surface area contributed by atoms with Gasteiger partial charge in [-0.1, -0.05) is 0 Å². The van der Waals surface area contributed by atoms with Crippen molar-refractivity contribution in [2.75, 3.05) is 26.0 Å². The molecule has 0 unspecified atom stereocenters. The summed E-state index contributed by atoms with van der Waals surface area (Å²) in [7, 11) is -0.810. The molecule has 0 saturated heterocycles. The molecule has 2 aromatic rings. The number of carbonyl (C=O) groups is 1. The number of rotatable bonds is 6. The maximum Gasteiger partial charge on any atom is 0.255 e. The van der Waals surface area contributed by atoms with Crippen LogP contribution in [0.3, 0.4) is 0 Å². The monoisotopic (exact) mass is 474 g/mol. The molecule has 0 fully saturated rings. The van der Waals surface area contributed by atoms with Crippen molar-refractivity contribution in [3.8, 4) is 5.75 Å². The normalized spacial score (nSPS) is 11.4. The number of hydrogen-bond acceptors (Lipinski definition) is 4. The zero-order valence-corrected chi connectivity index (χ0v) is 17.1. The Bertz CT molecular complexity index is 865. The fourth-order valence-corrected chi connectivity index (χ4v) is 3.47. The predicted molar refractivity (Wildman–Crippen MR) is 106 cm³/mol. The number of halogens is 1. The van der Waals surface area contributed by atoms with Gasteiger partial charge in [0.15, 0.2) is 0 Å². The van der Waals surface area contributed by atoms with Crippen LogP contribution in [0.2, 0.25) is 0 Å². The summed E-state index contributed by atoms with van der Waals surface area (Å²) in [6, 6.07) is 11.6. The molecule has 0 aromatic heterocycles. The molecule has 0 saturated carbocycles. The fraction of sp³-hybridized carbons (Fsp3) is 0.235. The third-order valence-electron chi connectivity index (χ3n) is 3.37. The third-order valence-corrected chi connectivity index (χ3v) is 5.92. The molecular weight excluding hydrogens is 455 g/mol. The maximum atomic E-state index is 12.5. The number of carbonyl (C=O) groups excluding carboxylic acids is 1. The van der Waals surface area contributed by atoms with Gasteiger partial charge in [-0.3, -0.25) is 4.79 Å². The molecule has 0 atom stereocenters. The molecule has 2 rings (SSSR count). The number of nitrogens with zero attached hydrogens (tertiary/aromatic N) is 1. The van der Waals surface area contributed by atoms with Crippen LogP contribution in [0.25, 0.3) is 0 Å². The van der Waals surface area contributed by atoms with Gasteiger partial charge in [-0.15, -0.1) is 0 Å². The highest BCUT2D eigenvalue weighted by Gasteiger charge is 2.23. The summed E-state index contributed by atoms with van der Waals surface area (Å²) in [5, 5.41) is 2.72. The van der Waals surface area contributed by atoms with Gasteiger partial charge in [-0.05, 0) is 72.0 Å². The van der Waals surface area contributed by atoms with Gasteiger partial charge in [0.1, 0.15) is 10.6 Å². The Hall–Kier alpha value is -1.65. The van der Waals surface area contributed by atoms with E-state index >= 15 is 0 Å². The van der Waals surface area contributed by atoms with Gasteiger partial charge in [0.05, 0.1) is 6.61 Å². The SMILES string of the molecule is CCOc1ccc(NC(=O)c2ccc(I)cc2)cc1S(=O)(=O)N(C)C. The Labute approximate surface area is 161 Å². The molecule has 0 aliphatic rings. The highest BCUT2D eigenvalue weighted by atomic mass is 127. The lowest BCUT2D eigenvalue weighted by Gasteiger charge is -2.16. The van der Waals surface area contributed by atoms with Crippen LogP contribution in [0, 0.1) is 3.57 Å². The van der Waals surface area contributed by atoms with Crippen molar-refractivity contribution in [1.82, 2.24) is 4.31 Å². The molecule has 0 aliphatic heterocycles. The average molecular weight is 474 g/mol. The summed E-state index contributed by atoms with van der Waals surface area (Å²) in [5.41, 5.74) is 0.874. The Balaban J connectivity index is 2.36. The zero-order chi connectivity index (χ0) is 18.6. The van der Waals surface area contributed by atoms with Crippen molar-refractivity contribution >= 4 is 44.2 Å². The van der Waals surface area contributed by atoms with Crippen LogP contribution in [0.1, 0.15) is 17.3 Å². The third kappa shape index (κ3) is 4.71. The van der Waals surface area contributed by atoms with Gasteiger partial charge < -0.3 is 10.1 Å². The van der Waals surface area contributed by atoms with E-state index in [2.05, 4.69) is 27.9 Å². The van der Waals surface area contributed by atoms with E-state index < -0.39 is 10.0 Å². The van der Waals surface area contributed by atoms with Crippen LogP contribution in [-0.2, 0) is 10.0 Å². The molecule has 0 spiro atoms. The number of hydrogen-bond donors (Lipinski definition) is 1. The molecule has 25 heavy (non-hydrogen) atoms. The van der Waals surface area contributed by atoms with Crippen molar-refractivity contribution in [2.24, 2.45) is 0 Å². The van der Waals surface area contributed by atoms with Gasteiger partial charge in [0, 0.05) is 28.9 Å². The molecule has 6 nitrogen and oxygen atoms in total. The number of sulfonamides is 1. The first-order valence-corrected chi connectivity index (χ1v) is 10.0. The molecule has 1 N–H and O–H groups in total. The van der Waals surface area contributed by atoms with Crippen molar-refractivity contribution in [2.45, 2.75) is 11.8 Å². The largest absolute Gasteiger partial charge is 0.492 e. The Morgan fingerprint density at radius 2 is 1.80 bits per heavy atom. The lowest BCUT2D eigenvalue weighted by molar-refractivity contribution is 0.102. The standard InChI is InChI=1S/C17H19IN2O4S/c1-4-24-15-10-9-14(11-16(15)25(22,23)20(2)3)19-17(21)12-5-7-13(18)8-6-12/h5-11H,4H2,1-3H3,(H,19,21). The maximum absolute atomic E-state index is 12.5. The highest BCUT2D eigenvalue weighted by Crippen LogP contribution is 2.29. The Kier molecular flexibility index (Phi) is 6.42. The second-order valence-electron chi connectivity index (χ2n) is 5.34. The number of amides is 1. The lowest BCUT2D eigenvalue weighted by Crippen LogP contribution is -2.23. The molecule has 8 heteroatoms. The van der Waals surface area contributed by atoms with Gasteiger partial charge in [-0.2, -0.15) is 0 Å². The smallest absolute Gasteiger partial charge is 0.255 e. The molecule has 0 heterocycles. The molecule has 1 amide bonds. The molecule has 0 aliphatic carbocycles. The van der Waals surface area contributed by atoms with Crippen LogP contribution < -0.4 is 10.1 Å². The van der Waals surface area contributed by atoms with Crippen molar-refractivity contribution < 1.29 is 17.9 Å². The average Bonchev–Trinajstić information content (AvgIpc) is 2.56. The van der Waals surface area contributed by atoms with Crippen LogP contribution in [0.5, 0.6) is 5.75 Å². The summed E-state index contributed by atoms with van der Waals surface area (Å²) in [6.45, 7) is 2.11. The van der Waals surface area contributed by atoms with E-state index in [0.29, 0.717) is 17.9 Å². The summed E-state index contributed by atoms with van der Waals surface area (Å²) in [6.07, 6.45) is 0. The first-order valence-electron chi connectivity index (χ1n) is 7.52. The minimum absolute atomic E-state index is 0.0137. The summed E-state index contributed by atoms with van der Waals surface area (Å²) in [5.74, 6) is -0.0581. The summed E-state index contributed by atoms with van der Waals surface area (Å²) < 4.78 is 32.6. The fourth-order valence-electron chi connectivity index (χ4n) is 2.06. The van der Waals surface area contributed by atoms with E-state index in [1.54, 1.807) is 31.2 Å². The molecule has 0 radical (unpaired) electrons. The van der Waals surface area contributed by atoms with E-state index in [-0.39, 0.29) is 16.6 Å². The van der Waals surface area contributed by atoms with Crippen molar-refractivity contribution in [1.29, 1.82) is 0 Å². The Morgan fingerprint density at radius 3 is 2.36 bits per heavy atom. The van der Waals surface area contributed by atoms with E-state index in [4.69, 9.17) is 4.74 Å². The van der Waals surface area contributed by atoms with E-state index in [0.717, 1.165) is 7.88 Å². The lowest BCUT2D eigenvalue weighted by atomic mass is 10.2. The van der Waals surface area contributed by atoms with Gasteiger partial charge in [0.2, 0.25) is 10.0 Å². The van der Waals surface area contributed by atoms with Crippen LogP contribution in [0.15, 0.2) is 47.4 Å². The highest BCUT2D eigenvalue weighted by molar-refractivity contribution is 14.1. The van der Waals surface area contributed by atoms with Gasteiger partial charge in [-0.25, -0.2) is 12.7 Å². The molecule has 0 bridgehead atoms. The van der Waals surface area contributed by atoms with Gasteiger partial charge in [0.25, 0.3) is 5.91 Å². The van der Waals surface area contributed by atoms with Crippen LogP contribution >= 0.6 is 22.6 Å². The number of benzene rings is 2. The van der Waals surface area contributed by atoms with Crippen molar-refractivity contribution in [3.05, 3.63) is 51.6 Å². The molecular formula is C17H19IN2O4S. The second kappa shape index (κ2) is 8.15. The zero-order valence-electron chi connectivity index (χ0n) is 14.1. The quantitative estimate of drug-likeness (QED) is 0.653. The number of anilines is 1. The first kappa shape index (κ1) is 19.7. The van der Waals surface area contributed by atoms with Crippen molar-refractivity contribution in [3.63, 3.8) is 0 Å². The minimum Gasteiger partial charge on any atom is -0.492 e. The number of ether oxygens (including phenoxy) is 1. The molecule has 2 aromatic carbocycles. The van der Waals surface area contributed by atoms with Crippen LogP contribution in [-0.4, -0.2) is 39.3 Å². The topological polar surface area (TPSA) is 75.7 Å². The summed E-state index contributed by atoms with van der Waals surface area (Å²) in [4.78, 5) is 12.3. The van der Waals surface area contributed by atoms with Gasteiger partial charge >= 0.3 is 0 Å². The van der Waals surface area contributed by atoms with E-state index in [1.165, 1.54) is 20.2 Å². The second-order valence-corrected chi connectivity index (χ2v) is 8.71. The molecule has 134 valence electrons. The van der Waals surface area contributed by atoms with Crippen LogP contribution in [0.4, 0.5) is 5.69 Å². The predicted octanol–water partition coefficient (Wildman–Crippen LogP) is 3.19. The van der Waals surface area contributed by atoms with E-state index in [9.17, 15) is 13.2 Å².